The van der Waals surface area contributed by atoms with Crippen LogP contribution in [0, 0.1) is 0 Å². The molecule has 0 aromatic heterocycles. The van der Waals surface area contributed by atoms with Crippen molar-refractivity contribution in [2.45, 2.75) is 0 Å². The van der Waals surface area contributed by atoms with Gasteiger partial charge in [-0.05, 0) is 36.4 Å². The second kappa shape index (κ2) is 8.98. The molecule has 0 N–H and O–H groups in total. The third kappa shape index (κ3) is 3.89. The van der Waals surface area contributed by atoms with Crippen LogP contribution in [-0.2, 0) is 0 Å². The van der Waals surface area contributed by atoms with Gasteiger partial charge in [0.05, 0.1) is 22.3 Å². The second-order valence-electron chi connectivity index (χ2n) is 8.27. The molecule has 0 saturated heterocycles. The predicted octanol–water partition coefficient (Wildman–Crippen LogP) is 2.72. The molecule has 2 heterocycles. The Hall–Kier alpha value is -4.59. The van der Waals surface area contributed by atoms with E-state index in [0.717, 1.165) is 9.80 Å². The number of carbonyl (C=O) groups excluding carboxylic acids is 5. The lowest BCUT2D eigenvalue weighted by Gasteiger charge is -2.27. The lowest BCUT2D eigenvalue weighted by atomic mass is 10.1. The highest BCUT2D eigenvalue weighted by Crippen LogP contribution is 2.24. The molecule has 174 valence electrons. The maximum atomic E-state index is 13.3. The van der Waals surface area contributed by atoms with Crippen molar-refractivity contribution in [3.63, 3.8) is 0 Å². The van der Waals surface area contributed by atoms with Gasteiger partial charge in [0, 0.05) is 31.7 Å². The van der Waals surface area contributed by atoms with Crippen LogP contribution in [0.5, 0.6) is 0 Å². The van der Waals surface area contributed by atoms with E-state index in [1.165, 1.54) is 4.90 Å². The molecule has 0 atom stereocenters. The summed E-state index contributed by atoms with van der Waals surface area (Å²) in [6.07, 6.45) is 0. The van der Waals surface area contributed by atoms with Crippen molar-refractivity contribution in [2.24, 2.45) is 0 Å². The van der Waals surface area contributed by atoms with Crippen LogP contribution < -0.4 is 0 Å². The van der Waals surface area contributed by atoms with Gasteiger partial charge in [-0.15, -0.1) is 0 Å². The van der Waals surface area contributed by atoms with Crippen LogP contribution in [0.15, 0.2) is 78.9 Å². The summed E-state index contributed by atoms with van der Waals surface area (Å²) in [5, 5.41) is 0. The number of amides is 5. The van der Waals surface area contributed by atoms with E-state index in [4.69, 9.17) is 0 Å². The van der Waals surface area contributed by atoms with Gasteiger partial charge in [0.2, 0.25) is 0 Å². The molecule has 5 rings (SSSR count). The maximum Gasteiger partial charge on any atom is 0.261 e. The summed E-state index contributed by atoms with van der Waals surface area (Å²) in [6.45, 7) is 0.102. The van der Waals surface area contributed by atoms with E-state index in [1.807, 2.05) is 0 Å². The van der Waals surface area contributed by atoms with Crippen LogP contribution in [0.2, 0.25) is 0 Å². The monoisotopic (exact) mass is 467 g/mol. The molecular formula is C27H21N3O5. The number of nitrogens with zero attached hydrogens (tertiary/aromatic N) is 3. The van der Waals surface area contributed by atoms with E-state index in [0.29, 0.717) is 27.8 Å². The molecule has 0 fully saturated rings. The average Bonchev–Trinajstić information content (AvgIpc) is 3.29. The van der Waals surface area contributed by atoms with E-state index >= 15 is 0 Å². The third-order valence-electron chi connectivity index (χ3n) is 6.25. The average molecular weight is 467 g/mol. The summed E-state index contributed by atoms with van der Waals surface area (Å²) in [7, 11) is 0. The number of fused-ring (bicyclic) bond motifs is 2. The number of imide groups is 2. The summed E-state index contributed by atoms with van der Waals surface area (Å²) in [4.78, 5) is 67.9. The fraction of sp³-hybridized carbons (Fsp3) is 0.148. The highest BCUT2D eigenvalue weighted by molar-refractivity contribution is 6.22. The molecule has 2 aliphatic heterocycles. The number of hydrogen-bond acceptors (Lipinski definition) is 5. The van der Waals surface area contributed by atoms with Crippen LogP contribution in [0.25, 0.3) is 0 Å². The summed E-state index contributed by atoms with van der Waals surface area (Å²) >= 11 is 0. The minimum atomic E-state index is -0.405. The standard InChI is InChI=1S/C27H21N3O5/c31-23(18-8-2-1-3-9-18)28(14-16-29-24(32)19-10-4-5-11-20(19)25(29)33)15-17-30-26(34)21-12-6-7-13-22(21)27(30)35/h1-13H,14-17H2. The van der Waals surface area contributed by atoms with Gasteiger partial charge in [0.1, 0.15) is 0 Å². The largest absolute Gasteiger partial charge is 0.335 e. The van der Waals surface area contributed by atoms with Crippen molar-refractivity contribution < 1.29 is 24.0 Å². The molecule has 0 saturated carbocycles. The van der Waals surface area contributed by atoms with Crippen LogP contribution in [0.4, 0.5) is 0 Å². The minimum Gasteiger partial charge on any atom is -0.335 e. The normalized spacial score (nSPS) is 14.4. The molecule has 3 aromatic rings. The fourth-order valence-corrected chi connectivity index (χ4v) is 4.40. The Kier molecular flexibility index (Phi) is 5.70. The molecule has 0 unspecified atom stereocenters. The molecule has 2 aliphatic rings. The van der Waals surface area contributed by atoms with Crippen molar-refractivity contribution in [2.75, 3.05) is 26.2 Å². The van der Waals surface area contributed by atoms with Crippen molar-refractivity contribution in [1.29, 1.82) is 0 Å². The van der Waals surface area contributed by atoms with Crippen molar-refractivity contribution >= 4 is 29.5 Å². The zero-order valence-corrected chi connectivity index (χ0v) is 18.7. The third-order valence-corrected chi connectivity index (χ3v) is 6.25. The number of benzene rings is 3. The summed E-state index contributed by atoms with van der Waals surface area (Å²) in [6, 6.07) is 21.8. The lowest BCUT2D eigenvalue weighted by molar-refractivity contribution is 0.0565. The van der Waals surface area contributed by atoms with Gasteiger partial charge in [-0.25, -0.2) is 0 Å². The first-order chi connectivity index (χ1) is 17.0. The molecule has 0 radical (unpaired) electrons. The molecule has 0 aliphatic carbocycles. The molecule has 3 aromatic carbocycles. The lowest BCUT2D eigenvalue weighted by Crippen LogP contribution is -2.45. The van der Waals surface area contributed by atoms with Gasteiger partial charge in [-0.2, -0.15) is 0 Å². The molecule has 5 amide bonds. The van der Waals surface area contributed by atoms with E-state index in [2.05, 4.69) is 0 Å². The first-order valence-electron chi connectivity index (χ1n) is 11.2. The molecule has 0 spiro atoms. The van der Waals surface area contributed by atoms with Crippen molar-refractivity contribution in [3.8, 4) is 0 Å². The quantitative estimate of drug-likeness (QED) is 0.498. The Bertz CT molecular complexity index is 1220. The van der Waals surface area contributed by atoms with E-state index in [-0.39, 0.29) is 32.1 Å². The van der Waals surface area contributed by atoms with Gasteiger partial charge in [0.25, 0.3) is 29.5 Å². The Balaban J connectivity index is 1.33. The van der Waals surface area contributed by atoms with Crippen LogP contribution in [0.3, 0.4) is 0 Å². The van der Waals surface area contributed by atoms with Crippen molar-refractivity contribution in [3.05, 3.63) is 107 Å². The molecule has 8 nitrogen and oxygen atoms in total. The minimum absolute atomic E-state index is 0.00691. The first kappa shape index (κ1) is 22.2. The first-order valence-corrected chi connectivity index (χ1v) is 11.2. The highest BCUT2D eigenvalue weighted by Gasteiger charge is 2.37. The van der Waals surface area contributed by atoms with Crippen LogP contribution in [0.1, 0.15) is 51.8 Å². The smallest absolute Gasteiger partial charge is 0.261 e. The molecule has 0 bridgehead atoms. The van der Waals surface area contributed by atoms with Crippen molar-refractivity contribution in [1.82, 2.24) is 14.7 Å². The molecule has 8 heteroatoms. The number of hydrogen-bond donors (Lipinski definition) is 0. The number of carbonyl (C=O) groups is 5. The Labute approximate surface area is 201 Å². The highest BCUT2D eigenvalue weighted by atomic mass is 16.2. The van der Waals surface area contributed by atoms with Gasteiger partial charge in [0.15, 0.2) is 0 Å². The van der Waals surface area contributed by atoms with Gasteiger partial charge in [-0.3, -0.25) is 33.8 Å². The van der Waals surface area contributed by atoms with Crippen LogP contribution >= 0.6 is 0 Å². The zero-order chi connectivity index (χ0) is 24.5. The van der Waals surface area contributed by atoms with E-state index in [9.17, 15) is 24.0 Å². The summed E-state index contributed by atoms with van der Waals surface area (Å²) in [5.41, 5.74) is 1.78. The summed E-state index contributed by atoms with van der Waals surface area (Å²) < 4.78 is 0. The fourth-order valence-electron chi connectivity index (χ4n) is 4.40. The Morgan fingerprint density at radius 3 is 1.26 bits per heavy atom. The van der Waals surface area contributed by atoms with Gasteiger partial charge in [-0.1, -0.05) is 42.5 Å². The molecular weight excluding hydrogens is 446 g/mol. The predicted molar refractivity (Wildman–Crippen MR) is 126 cm³/mol. The van der Waals surface area contributed by atoms with Crippen LogP contribution in [-0.4, -0.2) is 70.4 Å². The van der Waals surface area contributed by atoms with E-state index in [1.54, 1.807) is 78.9 Å². The number of rotatable bonds is 7. The Morgan fingerprint density at radius 2 is 0.886 bits per heavy atom. The van der Waals surface area contributed by atoms with E-state index < -0.39 is 23.6 Å². The SMILES string of the molecule is O=C(c1ccccc1)N(CCN1C(=O)c2ccccc2C1=O)CCN1C(=O)c2ccccc2C1=O. The van der Waals surface area contributed by atoms with Gasteiger partial charge < -0.3 is 4.90 Å². The molecule has 35 heavy (non-hydrogen) atoms. The maximum absolute atomic E-state index is 13.3. The zero-order valence-electron chi connectivity index (χ0n) is 18.7. The second-order valence-corrected chi connectivity index (χ2v) is 8.27. The topological polar surface area (TPSA) is 95.1 Å². The Morgan fingerprint density at radius 1 is 0.543 bits per heavy atom. The summed E-state index contributed by atoms with van der Waals surface area (Å²) in [5.74, 6) is -1.94. The van der Waals surface area contributed by atoms with Gasteiger partial charge >= 0.3 is 0 Å².